The Bertz CT molecular complexity index is 561. The fourth-order valence-electron chi connectivity index (χ4n) is 2.47. The second-order valence-corrected chi connectivity index (χ2v) is 5.41. The topological polar surface area (TPSA) is 24.9 Å². The van der Waals surface area contributed by atoms with E-state index < -0.39 is 0 Å². The summed E-state index contributed by atoms with van der Waals surface area (Å²) in [4.78, 5) is 4.79. The molecule has 0 amide bonds. The van der Waals surface area contributed by atoms with Gasteiger partial charge in [-0.05, 0) is 55.0 Å². The molecule has 0 bridgehead atoms. The first-order valence-electron chi connectivity index (χ1n) is 7.94. The predicted molar refractivity (Wildman–Crippen MR) is 88.5 cm³/mol. The highest BCUT2D eigenvalue weighted by Crippen LogP contribution is 2.23. The molecular weight excluding hydrogens is 244 g/mol. The lowest BCUT2D eigenvalue weighted by Crippen LogP contribution is -2.05. The number of benzene rings is 1. The lowest BCUT2D eigenvalue weighted by Gasteiger charge is -2.11. The summed E-state index contributed by atoms with van der Waals surface area (Å²) in [7, 11) is 0. The number of rotatable bonds is 7. The Labute approximate surface area is 122 Å². The predicted octanol–water partition coefficient (Wildman–Crippen LogP) is 4.96. The van der Waals surface area contributed by atoms with Crippen LogP contribution in [0.4, 0.5) is 5.82 Å². The van der Waals surface area contributed by atoms with Crippen LogP contribution in [0.2, 0.25) is 0 Å². The molecule has 0 radical (unpaired) electrons. The van der Waals surface area contributed by atoms with Crippen LogP contribution in [0.5, 0.6) is 0 Å². The van der Waals surface area contributed by atoms with E-state index in [2.05, 4.69) is 50.4 Å². The van der Waals surface area contributed by atoms with E-state index in [1.165, 1.54) is 35.8 Å². The second kappa shape index (κ2) is 7.28. The molecule has 1 aromatic heterocycles. The summed E-state index contributed by atoms with van der Waals surface area (Å²) in [5, 5.41) is 4.72. The van der Waals surface area contributed by atoms with Crippen molar-refractivity contribution < 1.29 is 0 Å². The molecule has 2 heteroatoms. The van der Waals surface area contributed by atoms with E-state index >= 15 is 0 Å². The van der Waals surface area contributed by atoms with Gasteiger partial charge in [-0.25, -0.2) is 4.98 Å². The van der Waals surface area contributed by atoms with Crippen LogP contribution in [0.25, 0.3) is 10.9 Å². The number of nitrogens with one attached hydrogen (secondary N) is 1. The Morgan fingerprint density at radius 3 is 2.60 bits per heavy atom. The largest absolute Gasteiger partial charge is 0.370 e. The number of aryl methyl sites for hydroxylation is 2. The lowest BCUT2D eigenvalue weighted by atomic mass is 10.0. The van der Waals surface area contributed by atoms with Crippen LogP contribution < -0.4 is 5.32 Å². The molecule has 1 N–H and O–H groups in total. The van der Waals surface area contributed by atoms with Crippen LogP contribution in [-0.4, -0.2) is 11.5 Å². The first-order chi connectivity index (χ1) is 9.78. The molecular formula is C18H26N2. The van der Waals surface area contributed by atoms with Gasteiger partial charge in [-0.3, -0.25) is 0 Å². The molecule has 1 aromatic carbocycles. The number of pyridine rings is 1. The van der Waals surface area contributed by atoms with Gasteiger partial charge >= 0.3 is 0 Å². The number of unbranched alkanes of at least 4 members (excludes halogenated alkanes) is 1. The van der Waals surface area contributed by atoms with Crippen molar-refractivity contribution in [2.75, 3.05) is 11.9 Å². The third-order valence-electron chi connectivity index (χ3n) is 3.70. The van der Waals surface area contributed by atoms with Crippen LogP contribution in [-0.2, 0) is 12.8 Å². The normalized spacial score (nSPS) is 10.9. The van der Waals surface area contributed by atoms with Crippen molar-refractivity contribution in [1.82, 2.24) is 4.98 Å². The standard InChI is InChI=1S/C18H26N2/c1-4-7-8-14-9-10-17-16(12-14)13-15(6-3)18(20-17)19-11-5-2/h9-10,12-13H,4-8,11H2,1-3H3,(H,19,20). The minimum absolute atomic E-state index is 0.986. The third-order valence-corrected chi connectivity index (χ3v) is 3.70. The summed E-state index contributed by atoms with van der Waals surface area (Å²) in [6.45, 7) is 7.60. The summed E-state index contributed by atoms with van der Waals surface area (Å²) >= 11 is 0. The summed E-state index contributed by atoms with van der Waals surface area (Å²) in [5.74, 6) is 1.06. The molecule has 0 saturated heterocycles. The fraction of sp³-hybridized carbons (Fsp3) is 0.500. The maximum absolute atomic E-state index is 4.79. The maximum atomic E-state index is 4.79. The zero-order valence-corrected chi connectivity index (χ0v) is 13.0. The van der Waals surface area contributed by atoms with Crippen LogP contribution in [0.1, 0.15) is 51.2 Å². The molecule has 0 atom stereocenters. The SMILES string of the molecule is CCCCc1ccc2nc(NCCC)c(CC)cc2c1. The molecule has 2 nitrogen and oxygen atoms in total. The lowest BCUT2D eigenvalue weighted by molar-refractivity contribution is 0.796. The van der Waals surface area contributed by atoms with Crippen molar-refractivity contribution >= 4 is 16.7 Å². The van der Waals surface area contributed by atoms with Crippen LogP contribution in [0, 0.1) is 0 Å². The van der Waals surface area contributed by atoms with Gasteiger partial charge in [0.1, 0.15) is 5.82 Å². The van der Waals surface area contributed by atoms with E-state index in [1.807, 2.05) is 0 Å². The molecule has 2 rings (SSSR count). The first kappa shape index (κ1) is 14.8. The Morgan fingerprint density at radius 1 is 1.05 bits per heavy atom. The summed E-state index contributed by atoms with van der Waals surface area (Å²) in [6, 6.07) is 8.99. The molecule has 0 aliphatic carbocycles. The molecule has 108 valence electrons. The van der Waals surface area contributed by atoms with Gasteiger partial charge < -0.3 is 5.32 Å². The van der Waals surface area contributed by atoms with E-state index in [4.69, 9.17) is 4.98 Å². The third kappa shape index (κ3) is 3.50. The smallest absolute Gasteiger partial charge is 0.129 e. The zero-order chi connectivity index (χ0) is 14.4. The number of hydrogen-bond acceptors (Lipinski definition) is 2. The number of aromatic nitrogens is 1. The van der Waals surface area contributed by atoms with Gasteiger partial charge in [-0.15, -0.1) is 0 Å². The Balaban J connectivity index is 2.34. The highest BCUT2D eigenvalue weighted by molar-refractivity contribution is 5.82. The zero-order valence-electron chi connectivity index (χ0n) is 13.0. The van der Waals surface area contributed by atoms with Crippen LogP contribution in [0.3, 0.4) is 0 Å². The Kier molecular flexibility index (Phi) is 5.40. The second-order valence-electron chi connectivity index (χ2n) is 5.41. The maximum Gasteiger partial charge on any atom is 0.129 e. The molecule has 0 aliphatic rings. The minimum Gasteiger partial charge on any atom is -0.370 e. The molecule has 20 heavy (non-hydrogen) atoms. The number of nitrogens with zero attached hydrogens (tertiary/aromatic N) is 1. The molecule has 0 saturated carbocycles. The molecule has 0 aliphatic heterocycles. The van der Waals surface area contributed by atoms with Gasteiger partial charge in [0.05, 0.1) is 5.52 Å². The first-order valence-corrected chi connectivity index (χ1v) is 7.94. The van der Waals surface area contributed by atoms with E-state index in [0.717, 1.165) is 30.7 Å². The van der Waals surface area contributed by atoms with Crippen molar-refractivity contribution in [2.45, 2.75) is 52.9 Å². The monoisotopic (exact) mass is 270 g/mol. The van der Waals surface area contributed by atoms with E-state index in [0.29, 0.717) is 0 Å². The Hall–Kier alpha value is -1.57. The van der Waals surface area contributed by atoms with Gasteiger partial charge in [0.25, 0.3) is 0 Å². The van der Waals surface area contributed by atoms with Crippen molar-refractivity contribution in [3.05, 3.63) is 35.4 Å². The van der Waals surface area contributed by atoms with Gasteiger partial charge in [-0.1, -0.05) is 33.3 Å². The van der Waals surface area contributed by atoms with Crippen molar-refractivity contribution in [2.24, 2.45) is 0 Å². The van der Waals surface area contributed by atoms with Gasteiger partial charge in [0.2, 0.25) is 0 Å². The summed E-state index contributed by atoms with van der Waals surface area (Å²) in [6.07, 6.45) is 5.82. The van der Waals surface area contributed by atoms with Gasteiger partial charge in [-0.2, -0.15) is 0 Å². The van der Waals surface area contributed by atoms with Gasteiger partial charge in [0.15, 0.2) is 0 Å². The fourth-order valence-corrected chi connectivity index (χ4v) is 2.47. The molecule has 1 heterocycles. The van der Waals surface area contributed by atoms with E-state index in [9.17, 15) is 0 Å². The Morgan fingerprint density at radius 2 is 1.90 bits per heavy atom. The number of anilines is 1. The van der Waals surface area contributed by atoms with Crippen molar-refractivity contribution in [3.8, 4) is 0 Å². The highest BCUT2D eigenvalue weighted by Gasteiger charge is 2.06. The van der Waals surface area contributed by atoms with Crippen LogP contribution >= 0.6 is 0 Å². The number of fused-ring (bicyclic) bond motifs is 1. The number of hydrogen-bond donors (Lipinski definition) is 1. The molecule has 0 unspecified atom stereocenters. The summed E-state index contributed by atoms with van der Waals surface area (Å²) < 4.78 is 0. The van der Waals surface area contributed by atoms with E-state index in [1.54, 1.807) is 0 Å². The van der Waals surface area contributed by atoms with E-state index in [-0.39, 0.29) is 0 Å². The summed E-state index contributed by atoms with van der Waals surface area (Å²) in [5.41, 5.74) is 3.84. The molecule has 0 spiro atoms. The quantitative estimate of drug-likeness (QED) is 0.769. The van der Waals surface area contributed by atoms with Gasteiger partial charge in [0, 0.05) is 11.9 Å². The average Bonchev–Trinajstić information content (AvgIpc) is 2.49. The van der Waals surface area contributed by atoms with Crippen molar-refractivity contribution in [1.29, 1.82) is 0 Å². The van der Waals surface area contributed by atoms with Crippen LogP contribution in [0.15, 0.2) is 24.3 Å². The highest BCUT2D eigenvalue weighted by atomic mass is 15.0. The molecule has 2 aromatic rings. The molecule has 0 fully saturated rings. The van der Waals surface area contributed by atoms with Crippen molar-refractivity contribution in [3.63, 3.8) is 0 Å². The average molecular weight is 270 g/mol. The minimum atomic E-state index is 0.986.